The summed E-state index contributed by atoms with van der Waals surface area (Å²) in [6.07, 6.45) is 4.29. The predicted molar refractivity (Wildman–Crippen MR) is 68.5 cm³/mol. The lowest BCUT2D eigenvalue weighted by Crippen LogP contribution is -2.40. The molecule has 0 bridgehead atoms. The monoisotopic (exact) mass is 249 g/mol. The van der Waals surface area contributed by atoms with Crippen LogP contribution in [0, 0.1) is 0 Å². The number of amides is 1. The number of carbonyl (C=O) groups is 1. The fraction of sp³-hybridized carbons (Fsp3) is 0.500. The second-order valence-electron chi connectivity index (χ2n) is 4.71. The van der Waals surface area contributed by atoms with Crippen molar-refractivity contribution in [2.75, 3.05) is 13.2 Å². The summed E-state index contributed by atoms with van der Waals surface area (Å²) in [6, 6.07) is 6.60. The normalized spacial score (nSPS) is 15.8. The number of aliphatic hydroxyl groups excluding tert-OH is 1. The fourth-order valence-corrected chi connectivity index (χ4v) is 2.58. The Morgan fingerprint density at radius 3 is 2.67 bits per heavy atom. The summed E-state index contributed by atoms with van der Waals surface area (Å²) in [7, 11) is 0. The molecule has 4 heteroatoms. The number of aromatic hydroxyl groups is 1. The molecule has 1 amide bonds. The van der Waals surface area contributed by atoms with E-state index in [4.69, 9.17) is 5.11 Å². The van der Waals surface area contributed by atoms with Crippen LogP contribution in [0.5, 0.6) is 5.75 Å². The van der Waals surface area contributed by atoms with Crippen LogP contribution in [0.3, 0.4) is 0 Å². The molecule has 0 radical (unpaired) electrons. The number of carbonyl (C=O) groups excluding carboxylic acids is 1. The molecule has 4 nitrogen and oxygen atoms in total. The molecular weight excluding hydrogens is 230 g/mol. The molecule has 0 spiro atoms. The number of nitrogens with zero attached hydrogens (tertiary/aromatic N) is 1. The van der Waals surface area contributed by atoms with E-state index in [2.05, 4.69) is 0 Å². The molecule has 98 valence electrons. The maximum absolute atomic E-state index is 12.4. The van der Waals surface area contributed by atoms with Gasteiger partial charge in [0.05, 0.1) is 6.61 Å². The summed E-state index contributed by atoms with van der Waals surface area (Å²) in [5, 5.41) is 18.5. The Labute approximate surface area is 107 Å². The van der Waals surface area contributed by atoms with Crippen LogP contribution in [0.2, 0.25) is 0 Å². The molecule has 0 heterocycles. The molecule has 2 N–H and O–H groups in total. The van der Waals surface area contributed by atoms with E-state index in [0.717, 1.165) is 25.7 Å². The van der Waals surface area contributed by atoms with Crippen LogP contribution in [0.1, 0.15) is 36.0 Å². The Kier molecular flexibility index (Phi) is 4.20. The van der Waals surface area contributed by atoms with Gasteiger partial charge in [-0.2, -0.15) is 0 Å². The minimum absolute atomic E-state index is 0.0267. The van der Waals surface area contributed by atoms with Gasteiger partial charge in [-0.3, -0.25) is 4.79 Å². The molecular formula is C14H19NO3. The summed E-state index contributed by atoms with van der Waals surface area (Å²) in [4.78, 5) is 14.1. The highest BCUT2D eigenvalue weighted by molar-refractivity contribution is 5.94. The van der Waals surface area contributed by atoms with E-state index in [-0.39, 0.29) is 24.3 Å². The van der Waals surface area contributed by atoms with Crippen molar-refractivity contribution >= 4 is 5.91 Å². The zero-order valence-electron chi connectivity index (χ0n) is 10.4. The van der Waals surface area contributed by atoms with Gasteiger partial charge in [-0.15, -0.1) is 0 Å². The van der Waals surface area contributed by atoms with Crippen LogP contribution in [0.15, 0.2) is 24.3 Å². The molecule has 18 heavy (non-hydrogen) atoms. The van der Waals surface area contributed by atoms with E-state index in [1.54, 1.807) is 23.1 Å². The molecule has 0 aliphatic heterocycles. The van der Waals surface area contributed by atoms with Crippen LogP contribution in [-0.2, 0) is 0 Å². The Morgan fingerprint density at radius 1 is 1.33 bits per heavy atom. The summed E-state index contributed by atoms with van der Waals surface area (Å²) in [5.74, 6) is -0.0110. The van der Waals surface area contributed by atoms with Gasteiger partial charge < -0.3 is 15.1 Å². The number of rotatable bonds is 4. The Balaban J connectivity index is 2.17. The van der Waals surface area contributed by atoms with Crippen LogP contribution < -0.4 is 0 Å². The van der Waals surface area contributed by atoms with Crippen molar-refractivity contribution in [1.82, 2.24) is 4.90 Å². The third kappa shape index (κ3) is 2.82. The van der Waals surface area contributed by atoms with Gasteiger partial charge in [0, 0.05) is 18.2 Å². The number of benzene rings is 1. The first-order chi connectivity index (χ1) is 8.72. The SMILES string of the molecule is O=C(c1cccc(O)c1)N(CCO)C1CCCC1. The van der Waals surface area contributed by atoms with Crippen molar-refractivity contribution in [3.05, 3.63) is 29.8 Å². The lowest BCUT2D eigenvalue weighted by atomic mass is 10.1. The van der Waals surface area contributed by atoms with Crippen molar-refractivity contribution in [2.24, 2.45) is 0 Å². The Hall–Kier alpha value is -1.55. The first kappa shape index (κ1) is 12.9. The van der Waals surface area contributed by atoms with Crippen molar-refractivity contribution in [1.29, 1.82) is 0 Å². The number of phenolic OH excluding ortho intramolecular Hbond substituents is 1. The average molecular weight is 249 g/mol. The van der Waals surface area contributed by atoms with Gasteiger partial charge in [0.2, 0.25) is 0 Å². The minimum atomic E-state index is -0.105. The average Bonchev–Trinajstić information content (AvgIpc) is 2.89. The summed E-state index contributed by atoms with van der Waals surface area (Å²) in [5.41, 5.74) is 0.482. The van der Waals surface area contributed by atoms with E-state index in [0.29, 0.717) is 12.1 Å². The van der Waals surface area contributed by atoms with Gasteiger partial charge in [0.15, 0.2) is 0 Å². The highest BCUT2D eigenvalue weighted by Crippen LogP contribution is 2.25. The number of hydrogen-bond donors (Lipinski definition) is 2. The molecule has 1 aromatic carbocycles. The first-order valence-corrected chi connectivity index (χ1v) is 6.43. The van der Waals surface area contributed by atoms with Crippen molar-refractivity contribution < 1.29 is 15.0 Å². The minimum Gasteiger partial charge on any atom is -0.508 e. The molecule has 0 aromatic heterocycles. The molecule has 1 fully saturated rings. The van der Waals surface area contributed by atoms with Crippen molar-refractivity contribution in [3.63, 3.8) is 0 Å². The second kappa shape index (κ2) is 5.87. The quantitative estimate of drug-likeness (QED) is 0.855. The van der Waals surface area contributed by atoms with Gasteiger partial charge in [-0.05, 0) is 31.0 Å². The van der Waals surface area contributed by atoms with Gasteiger partial charge in [0.1, 0.15) is 5.75 Å². The van der Waals surface area contributed by atoms with Crippen molar-refractivity contribution in [2.45, 2.75) is 31.7 Å². The van der Waals surface area contributed by atoms with E-state index in [1.807, 2.05) is 0 Å². The van der Waals surface area contributed by atoms with E-state index < -0.39 is 0 Å². The number of aliphatic hydroxyl groups is 1. The number of hydrogen-bond acceptors (Lipinski definition) is 3. The zero-order chi connectivity index (χ0) is 13.0. The summed E-state index contributed by atoms with van der Waals surface area (Å²) >= 11 is 0. The molecule has 2 rings (SSSR count). The third-order valence-electron chi connectivity index (χ3n) is 3.46. The standard InChI is InChI=1S/C14H19NO3/c16-9-8-15(12-5-1-2-6-12)14(18)11-4-3-7-13(17)10-11/h3-4,7,10,12,16-17H,1-2,5-6,8-9H2. The van der Waals surface area contributed by atoms with Gasteiger partial charge in [-0.1, -0.05) is 18.9 Å². The van der Waals surface area contributed by atoms with Gasteiger partial charge in [0.25, 0.3) is 5.91 Å². The second-order valence-corrected chi connectivity index (χ2v) is 4.71. The smallest absolute Gasteiger partial charge is 0.254 e. The largest absolute Gasteiger partial charge is 0.508 e. The van der Waals surface area contributed by atoms with Crippen LogP contribution in [0.25, 0.3) is 0 Å². The predicted octanol–water partition coefficient (Wildman–Crippen LogP) is 1.77. The molecule has 1 aliphatic carbocycles. The molecule has 1 aliphatic rings. The Bertz CT molecular complexity index is 413. The van der Waals surface area contributed by atoms with Crippen LogP contribution in [-0.4, -0.2) is 40.2 Å². The van der Waals surface area contributed by atoms with E-state index in [1.165, 1.54) is 6.07 Å². The summed E-state index contributed by atoms with van der Waals surface area (Å²) in [6.45, 7) is 0.334. The van der Waals surface area contributed by atoms with Crippen LogP contribution >= 0.6 is 0 Å². The lowest BCUT2D eigenvalue weighted by molar-refractivity contribution is 0.0637. The topological polar surface area (TPSA) is 60.8 Å². The highest BCUT2D eigenvalue weighted by Gasteiger charge is 2.26. The molecule has 0 atom stereocenters. The highest BCUT2D eigenvalue weighted by atomic mass is 16.3. The lowest BCUT2D eigenvalue weighted by Gasteiger charge is -2.28. The van der Waals surface area contributed by atoms with E-state index >= 15 is 0 Å². The van der Waals surface area contributed by atoms with E-state index in [9.17, 15) is 9.90 Å². The van der Waals surface area contributed by atoms with Gasteiger partial charge >= 0.3 is 0 Å². The van der Waals surface area contributed by atoms with Gasteiger partial charge in [-0.25, -0.2) is 0 Å². The first-order valence-electron chi connectivity index (χ1n) is 6.43. The summed E-state index contributed by atoms with van der Waals surface area (Å²) < 4.78 is 0. The van der Waals surface area contributed by atoms with Crippen LogP contribution in [0.4, 0.5) is 0 Å². The molecule has 0 saturated heterocycles. The molecule has 1 saturated carbocycles. The maximum atomic E-state index is 12.4. The number of phenols is 1. The maximum Gasteiger partial charge on any atom is 0.254 e. The zero-order valence-corrected chi connectivity index (χ0v) is 10.4. The Morgan fingerprint density at radius 2 is 2.06 bits per heavy atom. The fourth-order valence-electron chi connectivity index (χ4n) is 2.58. The molecule has 1 aromatic rings. The van der Waals surface area contributed by atoms with Crippen molar-refractivity contribution in [3.8, 4) is 5.75 Å². The molecule has 0 unspecified atom stereocenters. The third-order valence-corrected chi connectivity index (χ3v) is 3.46.